The Kier molecular flexibility index (Phi) is 4.53. The fourth-order valence-corrected chi connectivity index (χ4v) is 4.43. The van der Waals surface area contributed by atoms with E-state index in [9.17, 15) is 9.59 Å². The molecule has 0 aliphatic carbocycles. The van der Waals surface area contributed by atoms with Gasteiger partial charge in [-0.05, 0) is 39.2 Å². The van der Waals surface area contributed by atoms with Gasteiger partial charge in [-0.25, -0.2) is 4.98 Å². The molecule has 1 amide bonds. The first-order valence-electron chi connectivity index (χ1n) is 8.40. The zero-order valence-corrected chi connectivity index (χ0v) is 14.8. The Balaban J connectivity index is 2.18. The lowest BCUT2D eigenvalue weighted by molar-refractivity contribution is 0.0777. The van der Waals surface area contributed by atoms with Crippen molar-refractivity contribution in [2.45, 2.75) is 53.0 Å². The molecular formula is C17H23N3O2S. The molecule has 0 saturated carbocycles. The van der Waals surface area contributed by atoms with Crippen LogP contribution < -0.4 is 5.56 Å². The van der Waals surface area contributed by atoms with Crippen LogP contribution in [0, 0.1) is 6.92 Å². The molecule has 5 nitrogen and oxygen atoms in total. The van der Waals surface area contributed by atoms with Crippen LogP contribution in [0.2, 0.25) is 0 Å². The molecule has 1 aliphatic rings. The minimum Gasteiger partial charge on any atom is -0.338 e. The molecule has 124 valence electrons. The fourth-order valence-electron chi connectivity index (χ4n) is 3.27. The van der Waals surface area contributed by atoms with Gasteiger partial charge in [0.1, 0.15) is 10.7 Å². The number of carbonyl (C=O) groups is 1. The average Bonchev–Trinajstić information content (AvgIpc) is 2.72. The normalized spacial score (nSPS) is 14.6. The van der Waals surface area contributed by atoms with Gasteiger partial charge in [0.15, 0.2) is 0 Å². The van der Waals surface area contributed by atoms with Gasteiger partial charge in [0.2, 0.25) is 0 Å². The van der Waals surface area contributed by atoms with E-state index in [1.807, 2.05) is 25.3 Å². The largest absolute Gasteiger partial charge is 0.338 e. The van der Waals surface area contributed by atoms with E-state index in [-0.39, 0.29) is 11.5 Å². The summed E-state index contributed by atoms with van der Waals surface area (Å²) in [6.07, 6.45) is 4.09. The quantitative estimate of drug-likeness (QED) is 0.868. The Morgan fingerprint density at radius 2 is 2.00 bits per heavy atom. The number of amides is 1. The molecule has 0 radical (unpaired) electrons. The van der Waals surface area contributed by atoms with Gasteiger partial charge in [-0.3, -0.25) is 14.2 Å². The highest BCUT2D eigenvalue weighted by molar-refractivity contribution is 7.20. The Hall–Kier alpha value is -1.69. The number of nitrogens with zero attached hydrogens (tertiary/aromatic N) is 3. The van der Waals surface area contributed by atoms with E-state index in [1.54, 1.807) is 4.90 Å². The van der Waals surface area contributed by atoms with Crippen molar-refractivity contribution in [3.8, 4) is 0 Å². The van der Waals surface area contributed by atoms with Crippen molar-refractivity contribution in [1.29, 1.82) is 0 Å². The molecule has 0 saturated heterocycles. The lowest BCUT2D eigenvalue weighted by Gasteiger charge is -2.17. The van der Waals surface area contributed by atoms with E-state index >= 15 is 0 Å². The van der Waals surface area contributed by atoms with Crippen LogP contribution in [0.3, 0.4) is 0 Å². The van der Waals surface area contributed by atoms with Crippen molar-refractivity contribution >= 4 is 27.5 Å². The molecule has 23 heavy (non-hydrogen) atoms. The molecule has 2 aromatic rings. The summed E-state index contributed by atoms with van der Waals surface area (Å²) >= 11 is 1.37. The summed E-state index contributed by atoms with van der Waals surface area (Å²) < 4.78 is 1.82. The topological polar surface area (TPSA) is 55.2 Å². The summed E-state index contributed by atoms with van der Waals surface area (Å²) in [6.45, 7) is 7.91. The highest BCUT2D eigenvalue weighted by atomic mass is 32.1. The first-order valence-corrected chi connectivity index (χ1v) is 9.22. The van der Waals surface area contributed by atoms with E-state index in [0.29, 0.717) is 23.4 Å². The van der Waals surface area contributed by atoms with Gasteiger partial charge in [-0.2, -0.15) is 0 Å². The standard InChI is InChI=1S/C17H23N3O2S/c1-4-19(5-2)17(22)14-11(3)13-15(23-14)18-12-9-7-6-8-10-20(12)16(13)21/h4-10H2,1-3H3. The maximum atomic E-state index is 12.9. The molecule has 0 atom stereocenters. The van der Waals surface area contributed by atoms with Crippen molar-refractivity contribution in [3.63, 3.8) is 0 Å². The van der Waals surface area contributed by atoms with Gasteiger partial charge in [-0.15, -0.1) is 11.3 Å². The highest BCUT2D eigenvalue weighted by Gasteiger charge is 2.24. The lowest BCUT2D eigenvalue weighted by atomic mass is 10.2. The number of fused-ring (bicyclic) bond motifs is 2. The van der Waals surface area contributed by atoms with Crippen molar-refractivity contribution < 1.29 is 4.79 Å². The van der Waals surface area contributed by atoms with Gasteiger partial charge >= 0.3 is 0 Å². The summed E-state index contributed by atoms with van der Waals surface area (Å²) in [6, 6.07) is 0. The van der Waals surface area contributed by atoms with Gasteiger partial charge in [-0.1, -0.05) is 6.42 Å². The number of hydrogen-bond acceptors (Lipinski definition) is 4. The van der Waals surface area contributed by atoms with E-state index in [1.165, 1.54) is 11.3 Å². The molecule has 3 heterocycles. The van der Waals surface area contributed by atoms with Gasteiger partial charge < -0.3 is 4.90 Å². The second kappa shape index (κ2) is 6.43. The molecule has 1 aliphatic heterocycles. The summed E-state index contributed by atoms with van der Waals surface area (Å²) in [5.74, 6) is 0.887. The maximum Gasteiger partial charge on any atom is 0.264 e. The number of hydrogen-bond donors (Lipinski definition) is 0. The van der Waals surface area contributed by atoms with Crippen LogP contribution in [0.15, 0.2) is 4.79 Å². The van der Waals surface area contributed by atoms with Crippen LogP contribution >= 0.6 is 11.3 Å². The molecule has 0 bridgehead atoms. The summed E-state index contributed by atoms with van der Waals surface area (Å²) in [5.41, 5.74) is 0.818. The van der Waals surface area contributed by atoms with Crippen LogP contribution in [0.4, 0.5) is 0 Å². The van der Waals surface area contributed by atoms with Crippen LogP contribution in [-0.2, 0) is 13.0 Å². The summed E-state index contributed by atoms with van der Waals surface area (Å²) in [4.78, 5) is 33.5. The van der Waals surface area contributed by atoms with Gasteiger partial charge in [0, 0.05) is 26.1 Å². The summed E-state index contributed by atoms with van der Waals surface area (Å²) in [5, 5.41) is 0.635. The number of thiophene rings is 1. The summed E-state index contributed by atoms with van der Waals surface area (Å²) in [7, 11) is 0. The van der Waals surface area contributed by atoms with Crippen LogP contribution in [-0.4, -0.2) is 33.4 Å². The van der Waals surface area contributed by atoms with Crippen molar-refractivity contribution in [2.24, 2.45) is 0 Å². The fraction of sp³-hybridized carbons (Fsp3) is 0.588. The minimum atomic E-state index is 0.00935. The second-order valence-electron chi connectivity index (χ2n) is 6.01. The molecule has 0 unspecified atom stereocenters. The van der Waals surface area contributed by atoms with Crippen molar-refractivity contribution in [3.05, 3.63) is 26.6 Å². The predicted molar refractivity (Wildman–Crippen MR) is 93.4 cm³/mol. The van der Waals surface area contributed by atoms with Crippen LogP contribution in [0.1, 0.15) is 54.2 Å². The predicted octanol–water partition coefficient (Wildman–Crippen LogP) is 2.97. The van der Waals surface area contributed by atoms with Crippen LogP contribution in [0.25, 0.3) is 10.2 Å². The van der Waals surface area contributed by atoms with Gasteiger partial charge in [0.05, 0.1) is 10.3 Å². The first kappa shape index (κ1) is 16.2. The third kappa shape index (κ3) is 2.69. The minimum absolute atomic E-state index is 0.00935. The molecule has 0 fully saturated rings. The van der Waals surface area contributed by atoms with Crippen LogP contribution in [0.5, 0.6) is 0 Å². The monoisotopic (exact) mass is 333 g/mol. The van der Waals surface area contributed by atoms with E-state index in [2.05, 4.69) is 0 Å². The number of carbonyl (C=O) groups excluding carboxylic acids is 1. The average molecular weight is 333 g/mol. The molecule has 2 aromatic heterocycles. The van der Waals surface area contributed by atoms with Crippen molar-refractivity contribution in [1.82, 2.24) is 14.5 Å². The zero-order valence-electron chi connectivity index (χ0n) is 14.0. The maximum absolute atomic E-state index is 12.9. The SMILES string of the molecule is CCN(CC)C(=O)c1sc2nc3n(c(=O)c2c1C)CCCCC3. The van der Waals surface area contributed by atoms with E-state index < -0.39 is 0 Å². The molecule has 0 N–H and O–H groups in total. The number of aromatic nitrogens is 2. The number of aryl methyl sites for hydroxylation is 2. The third-order valence-electron chi connectivity index (χ3n) is 4.66. The zero-order chi connectivity index (χ0) is 16.6. The molecule has 0 spiro atoms. The van der Waals surface area contributed by atoms with Gasteiger partial charge in [0.25, 0.3) is 11.5 Å². The first-order chi connectivity index (χ1) is 11.1. The third-order valence-corrected chi connectivity index (χ3v) is 5.83. The Bertz CT molecular complexity index is 802. The molecule has 6 heteroatoms. The smallest absolute Gasteiger partial charge is 0.264 e. The van der Waals surface area contributed by atoms with E-state index in [0.717, 1.165) is 48.4 Å². The van der Waals surface area contributed by atoms with Crippen molar-refractivity contribution in [2.75, 3.05) is 13.1 Å². The molecule has 0 aromatic carbocycles. The Morgan fingerprint density at radius 1 is 1.26 bits per heavy atom. The Morgan fingerprint density at radius 3 is 2.70 bits per heavy atom. The molecular weight excluding hydrogens is 310 g/mol. The Labute approximate surface area is 139 Å². The highest BCUT2D eigenvalue weighted by Crippen LogP contribution is 2.29. The molecule has 3 rings (SSSR count). The number of rotatable bonds is 3. The van der Waals surface area contributed by atoms with E-state index in [4.69, 9.17) is 4.98 Å². The second-order valence-corrected chi connectivity index (χ2v) is 7.01. The lowest BCUT2D eigenvalue weighted by Crippen LogP contribution is -2.30.